The van der Waals surface area contributed by atoms with Crippen LogP contribution in [0.2, 0.25) is 0 Å². The predicted molar refractivity (Wildman–Crippen MR) is 118 cm³/mol. The highest BCUT2D eigenvalue weighted by Crippen LogP contribution is 2.41. The van der Waals surface area contributed by atoms with Gasteiger partial charge in [0.2, 0.25) is 0 Å². The van der Waals surface area contributed by atoms with Crippen LogP contribution in [0.25, 0.3) is 0 Å². The summed E-state index contributed by atoms with van der Waals surface area (Å²) < 4.78 is 1.05. The number of benzene rings is 2. The number of rotatable bonds is 3. The minimum atomic E-state index is 0.205. The van der Waals surface area contributed by atoms with Crippen molar-refractivity contribution in [2.45, 2.75) is 32.2 Å². The Morgan fingerprint density at radius 1 is 0.852 bits per heavy atom. The van der Waals surface area contributed by atoms with Gasteiger partial charge in [-0.2, -0.15) is 0 Å². The second-order valence-electron chi connectivity index (χ2n) is 8.03. The molecule has 27 heavy (non-hydrogen) atoms. The Balaban J connectivity index is 1.31. The first kappa shape index (κ1) is 18.9. The zero-order valence-corrected chi connectivity index (χ0v) is 17.9. The van der Waals surface area contributed by atoms with Gasteiger partial charge in [0.15, 0.2) is 0 Å². The summed E-state index contributed by atoms with van der Waals surface area (Å²) in [5.74, 6) is 0.205. The van der Waals surface area contributed by atoms with Crippen LogP contribution in [-0.4, -0.2) is 41.9 Å². The first-order chi connectivity index (χ1) is 13.2. The van der Waals surface area contributed by atoms with Crippen molar-refractivity contribution in [2.24, 2.45) is 5.41 Å². The molecule has 0 aliphatic carbocycles. The first-order valence-corrected chi connectivity index (χ1v) is 11.0. The molecule has 0 atom stereocenters. The molecule has 2 aromatic carbocycles. The smallest absolute Gasteiger partial charge is 0.254 e. The molecule has 2 heterocycles. The minimum absolute atomic E-state index is 0.205. The number of likely N-dealkylation sites (tertiary alicyclic amines) is 2. The summed E-state index contributed by atoms with van der Waals surface area (Å²) in [6.45, 7) is 5.23. The molecule has 0 unspecified atom stereocenters. The fourth-order valence-corrected chi connectivity index (χ4v) is 5.13. The van der Waals surface area contributed by atoms with E-state index in [4.69, 9.17) is 0 Å². The van der Waals surface area contributed by atoms with E-state index in [9.17, 15) is 4.79 Å². The maximum atomic E-state index is 12.9. The zero-order chi connectivity index (χ0) is 18.7. The van der Waals surface area contributed by atoms with Gasteiger partial charge in [-0.3, -0.25) is 9.69 Å². The van der Waals surface area contributed by atoms with Gasteiger partial charge in [-0.25, -0.2) is 0 Å². The third-order valence-corrected chi connectivity index (χ3v) is 7.32. The number of carbonyl (C=O) groups is 1. The van der Waals surface area contributed by atoms with Gasteiger partial charge in [-0.1, -0.05) is 42.5 Å². The standard InChI is InChI=1S/C23H27IN2O/c24-21-9-5-4-8-20(21)22(27)26-16-12-23(13-17-26)10-14-25(15-11-23)18-19-6-2-1-3-7-19/h1-9H,10-18H2. The molecule has 4 heteroatoms. The van der Waals surface area contributed by atoms with Crippen molar-refractivity contribution in [3.63, 3.8) is 0 Å². The minimum Gasteiger partial charge on any atom is -0.339 e. The van der Waals surface area contributed by atoms with Gasteiger partial charge in [0.25, 0.3) is 5.91 Å². The number of amides is 1. The lowest BCUT2D eigenvalue weighted by Gasteiger charge is -2.47. The van der Waals surface area contributed by atoms with E-state index >= 15 is 0 Å². The summed E-state index contributed by atoms with van der Waals surface area (Å²) in [4.78, 5) is 17.5. The number of hydrogen-bond acceptors (Lipinski definition) is 2. The second kappa shape index (κ2) is 8.31. The molecule has 0 aromatic heterocycles. The Morgan fingerprint density at radius 2 is 1.44 bits per heavy atom. The lowest BCUT2D eigenvalue weighted by atomic mass is 9.71. The molecule has 0 bridgehead atoms. The van der Waals surface area contributed by atoms with E-state index in [1.807, 2.05) is 24.3 Å². The molecule has 2 aliphatic heterocycles. The average Bonchev–Trinajstić information content (AvgIpc) is 2.71. The molecule has 3 nitrogen and oxygen atoms in total. The molecule has 0 radical (unpaired) electrons. The molecule has 142 valence electrons. The molecular formula is C23H27IN2O. The van der Waals surface area contributed by atoms with Gasteiger partial charge >= 0.3 is 0 Å². The number of hydrogen-bond donors (Lipinski definition) is 0. The summed E-state index contributed by atoms with van der Waals surface area (Å²) in [5, 5.41) is 0. The van der Waals surface area contributed by atoms with Gasteiger partial charge in [0.1, 0.15) is 0 Å². The fourth-order valence-electron chi connectivity index (χ4n) is 4.52. The van der Waals surface area contributed by atoms with Crippen molar-refractivity contribution in [2.75, 3.05) is 26.2 Å². The highest BCUT2D eigenvalue weighted by atomic mass is 127. The topological polar surface area (TPSA) is 23.6 Å². The van der Waals surface area contributed by atoms with Crippen LogP contribution in [0.15, 0.2) is 54.6 Å². The number of carbonyl (C=O) groups excluding carboxylic acids is 1. The molecule has 2 saturated heterocycles. The zero-order valence-electron chi connectivity index (χ0n) is 15.7. The number of nitrogens with zero attached hydrogens (tertiary/aromatic N) is 2. The van der Waals surface area contributed by atoms with E-state index in [2.05, 4.69) is 62.7 Å². The summed E-state index contributed by atoms with van der Waals surface area (Å²) in [6, 6.07) is 18.7. The van der Waals surface area contributed by atoms with Crippen LogP contribution in [0.3, 0.4) is 0 Å². The SMILES string of the molecule is O=C(c1ccccc1I)N1CCC2(CCN(Cc3ccccc3)CC2)CC1. The predicted octanol–water partition coefficient (Wildman–Crippen LogP) is 4.81. The van der Waals surface area contributed by atoms with E-state index in [0.29, 0.717) is 5.41 Å². The van der Waals surface area contributed by atoms with E-state index < -0.39 is 0 Å². The molecule has 2 aromatic rings. The molecule has 0 saturated carbocycles. The average molecular weight is 474 g/mol. The number of piperidine rings is 2. The van der Waals surface area contributed by atoms with Crippen molar-refractivity contribution in [1.29, 1.82) is 0 Å². The van der Waals surface area contributed by atoms with Crippen LogP contribution in [0, 0.1) is 8.99 Å². The van der Waals surface area contributed by atoms with E-state index in [1.165, 1.54) is 31.5 Å². The quantitative estimate of drug-likeness (QED) is 0.597. The van der Waals surface area contributed by atoms with Crippen molar-refractivity contribution >= 4 is 28.5 Å². The van der Waals surface area contributed by atoms with Crippen LogP contribution in [-0.2, 0) is 6.54 Å². The highest BCUT2D eigenvalue weighted by Gasteiger charge is 2.38. The Labute approximate surface area is 175 Å². The maximum Gasteiger partial charge on any atom is 0.254 e. The molecule has 1 spiro atoms. The normalized spacial score (nSPS) is 20.0. The molecule has 0 N–H and O–H groups in total. The molecule has 1 amide bonds. The Morgan fingerprint density at radius 3 is 2.11 bits per heavy atom. The fraction of sp³-hybridized carbons (Fsp3) is 0.435. The van der Waals surface area contributed by atoms with Crippen molar-refractivity contribution in [3.8, 4) is 0 Å². The van der Waals surface area contributed by atoms with Crippen molar-refractivity contribution in [1.82, 2.24) is 9.80 Å². The first-order valence-electron chi connectivity index (χ1n) is 9.95. The Hall–Kier alpha value is -1.40. The largest absolute Gasteiger partial charge is 0.339 e. The summed E-state index contributed by atoms with van der Waals surface area (Å²) >= 11 is 2.27. The molecular weight excluding hydrogens is 447 g/mol. The van der Waals surface area contributed by atoms with Gasteiger partial charge in [0, 0.05) is 23.2 Å². The van der Waals surface area contributed by atoms with Gasteiger partial charge < -0.3 is 4.90 Å². The second-order valence-corrected chi connectivity index (χ2v) is 9.20. The van der Waals surface area contributed by atoms with Crippen LogP contribution >= 0.6 is 22.6 Å². The third kappa shape index (κ3) is 4.37. The van der Waals surface area contributed by atoms with Crippen LogP contribution in [0.1, 0.15) is 41.6 Å². The lowest BCUT2D eigenvalue weighted by Crippen LogP contribution is -2.48. The summed E-state index contributed by atoms with van der Waals surface area (Å²) in [6.07, 6.45) is 4.85. The van der Waals surface area contributed by atoms with Crippen molar-refractivity contribution < 1.29 is 4.79 Å². The molecule has 4 rings (SSSR count). The molecule has 2 fully saturated rings. The lowest BCUT2D eigenvalue weighted by molar-refractivity contribution is 0.0284. The van der Waals surface area contributed by atoms with Gasteiger partial charge in [-0.15, -0.1) is 0 Å². The van der Waals surface area contributed by atoms with Crippen molar-refractivity contribution in [3.05, 3.63) is 69.3 Å². The summed E-state index contributed by atoms with van der Waals surface area (Å²) in [5.41, 5.74) is 2.71. The third-order valence-electron chi connectivity index (χ3n) is 6.38. The van der Waals surface area contributed by atoms with Gasteiger partial charge in [-0.05, 0) is 84.5 Å². The van der Waals surface area contributed by atoms with Crippen LogP contribution in [0.5, 0.6) is 0 Å². The van der Waals surface area contributed by atoms with E-state index in [0.717, 1.165) is 41.6 Å². The summed E-state index contributed by atoms with van der Waals surface area (Å²) in [7, 11) is 0. The Bertz CT molecular complexity index is 774. The van der Waals surface area contributed by atoms with Crippen LogP contribution < -0.4 is 0 Å². The molecule has 2 aliphatic rings. The van der Waals surface area contributed by atoms with E-state index in [-0.39, 0.29) is 5.91 Å². The van der Waals surface area contributed by atoms with Gasteiger partial charge in [0.05, 0.1) is 5.56 Å². The number of halogens is 1. The maximum absolute atomic E-state index is 12.9. The highest BCUT2D eigenvalue weighted by molar-refractivity contribution is 14.1. The van der Waals surface area contributed by atoms with E-state index in [1.54, 1.807) is 0 Å². The Kier molecular flexibility index (Phi) is 5.83. The van der Waals surface area contributed by atoms with Crippen LogP contribution in [0.4, 0.5) is 0 Å². The monoisotopic (exact) mass is 474 g/mol.